The average Bonchev–Trinajstić information content (AvgIpc) is 3.24. The van der Waals surface area contributed by atoms with E-state index in [9.17, 15) is 4.39 Å². The molecule has 0 amide bonds. The summed E-state index contributed by atoms with van der Waals surface area (Å²) in [6.45, 7) is 5.41. The molecule has 0 heterocycles. The molecule has 1 aromatic rings. The Bertz CT molecular complexity index is 445. The summed E-state index contributed by atoms with van der Waals surface area (Å²) >= 11 is 0. The lowest BCUT2D eigenvalue weighted by atomic mass is 9.79. The molecular formula is C17H26FNO. The van der Waals surface area contributed by atoms with E-state index in [-0.39, 0.29) is 11.2 Å². The molecule has 1 fully saturated rings. The van der Waals surface area contributed by atoms with Gasteiger partial charge in [-0.3, -0.25) is 0 Å². The van der Waals surface area contributed by atoms with E-state index in [0.717, 1.165) is 31.4 Å². The summed E-state index contributed by atoms with van der Waals surface area (Å²) in [5.74, 6) is 0.139. The highest BCUT2D eigenvalue weighted by Crippen LogP contribution is 2.32. The van der Waals surface area contributed by atoms with Crippen molar-refractivity contribution in [2.75, 3.05) is 13.7 Å². The molecule has 0 bridgehead atoms. The summed E-state index contributed by atoms with van der Waals surface area (Å²) in [6, 6.07) is 6.13. The van der Waals surface area contributed by atoms with Gasteiger partial charge in [0.05, 0.1) is 7.11 Å². The van der Waals surface area contributed by atoms with Gasteiger partial charge in [0.15, 0.2) is 11.6 Å². The lowest BCUT2D eigenvalue weighted by Crippen LogP contribution is -2.35. The topological polar surface area (TPSA) is 21.3 Å². The molecule has 0 saturated heterocycles. The van der Waals surface area contributed by atoms with E-state index in [1.165, 1.54) is 20.0 Å². The SMILES string of the molecule is CCCC(C)(CNC1CC1)Cc1cccc(OC)c1F. The third-order valence-electron chi connectivity index (χ3n) is 4.13. The monoisotopic (exact) mass is 279 g/mol. The van der Waals surface area contributed by atoms with Crippen LogP contribution in [0.5, 0.6) is 5.75 Å². The van der Waals surface area contributed by atoms with Crippen LogP contribution in [0.4, 0.5) is 4.39 Å². The summed E-state index contributed by atoms with van der Waals surface area (Å²) < 4.78 is 19.4. The van der Waals surface area contributed by atoms with E-state index in [0.29, 0.717) is 11.8 Å². The number of ether oxygens (including phenoxy) is 1. The van der Waals surface area contributed by atoms with E-state index in [1.807, 2.05) is 12.1 Å². The number of methoxy groups -OCH3 is 1. The van der Waals surface area contributed by atoms with Gasteiger partial charge in [0.1, 0.15) is 0 Å². The first-order valence-electron chi connectivity index (χ1n) is 7.63. The second kappa shape index (κ2) is 6.57. The highest BCUT2D eigenvalue weighted by atomic mass is 19.1. The quantitative estimate of drug-likeness (QED) is 0.778. The maximum Gasteiger partial charge on any atom is 0.168 e. The molecule has 3 heteroatoms. The highest BCUT2D eigenvalue weighted by Gasteiger charge is 2.29. The number of rotatable bonds is 8. The minimum Gasteiger partial charge on any atom is -0.494 e. The molecule has 2 nitrogen and oxygen atoms in total. The zero-order valence-corrected chi connectivity index (χ0v) is 12.8. The average molecular weight is 279 g/mol. The predicted octanol–water partition coefficient (Wildman–Crippen LogP) is 3.94. The van der Waals surface area contributed by atoms with Gasteiger partial charge in [-0.25, -0.2) is 4.39 Å². The van der Waals surface area contributed by atoms with Gasteiger partial charge in [-0.15, -0.1) is 0 Å². The molecule has 1 aliphatic carbocycles. The fourth-order valence-electron chi connectivity index (χ4n) is 2.83. The number of halogens is 1. The second-order valence-electron chi connectivity index (χ2n) is 6.33. The number of benzene rings is 1. The fraction of sp³-hybridized carbons (Fsp3) is 0.647. The number of hydrogen-bond donors (Lipinski definition) is 1. The van der Waals surface area contributed by atoms with Crippen LogP contribution in [0.1, 0.15) is 45.1 Å². The predicted molar refractivity (Wildman–Crippen MR) is 80.7 cm³/mol. The zero-order valence-electron chi connectivity index (χ0n) is 12.8. The highest BCUT2D eigenvalue weighted by molar-refractivity contribution is 5.31. The summed E-state index contributed by atoms with van der Waals surface area (Å²) in [4.78, 5) is 0. The summed E-state index contributed by atoms with van der Waals surface area (Å²) in [5, 5.41) is 3.60. The van der Waals surface area contributed by atoms with Crippen LogP contribution in [-0.2, 0) is 6.42 Å². The van der Waals surface area contributed by atoms with E-state index < -0.39 is 0 Å². The largest absolute Gasteiger partial charge is 0.494 e. The molecule has 1 aromatic carbocycles. The van der Waals surface area contributed by atoms with Crippen LogP contribution < -0.4 is 10.1 Å². The minimum absolute atomic E-state index is 0.102. The summed E-state index contributed by atoms with van der Waals surface area (Å²) in [5.41, 5.74) is 0.864. The molecule has 0 aliphatic heterocycles. The third-order valence-corrected chi connectivity index (χ3v) is 4.13. The van der Waals surface area contributed by atoms with Gasteiger partial charge in [0, 0.05) is 12.6 Å². The van der Waals surface area contributed by atoms with Gasteiger partial charge >= 0.3 is 0 Å². The molecular weight excluding hydrogens is 253 g/mol. The van der Waals surface area contributed by atoms with Gasteiger partial charge in [0.2, 0.25) is 0 Å². The Hall–Kier alpha value is -1.09. The van der Waals surface area contributed by atoms with E-state index >= 15 is 0 Å². The zero-order chi connectivity index (χ0) is 14.6. The van der Waals surface area contributed by atoms with Gasteiger partial charge < -0.3 is 10.1 Å². The van der Waals surface area contributed by atoms with E-state index in [1.54, 1.807) is 6.07 Å². The first-order chi connectivity index (χ1) is 9.58. The van der Waals surface area contributed by atoms with Crippen molar-refractivity contribution in [1.82, 2.24) is 5.32 Å². The van der Waals surface area contributed by atoms with Crippen LogP contribution in [0.25, 0.3) is 0 Å². The Morgan fingerprint density at radius 1 is 1.40 bits per heavy atom. The van der Waals surface area contributed by atoms with E-state index in [2.05, 4.69) is 19.2 Å². The molecule has 1 atom stereocenters. The Morgan fingerprint density at radius 3 is 2.75 bits per heavy atom. The lowest BCUT2D eigenvalue weighted by Gasteiger charge is -2.30. The van der Waals surface area contributed by atoms with Crippen LogP contribution in [0.15, 0.2) is 18.2 Å². The molecule has 0 radical (unpaired) electrons. The van der Waals surface area contributed by atoms with Gasteiger partial charge in [0.25, 0.3) is 0 Å². The van der Waals surface area contributed by atoms with Crippen molar-refractivity contribution in [2.45, 2.75) is 52.0 Å². The van der Waals surface area contributed by atoms with E-state index in [4.69, 9.17) is 4.74 Å². The lowest BCUT2D eigenvalue weighted by molar-refractivity contribution is 0.269. The van der Waals surface area contributed by atoms with Crippen LogP contribution in [-0.4, -0.2) is 19.7 Å². The number of hydrogen-bond acceptors (Lipinski definition) is 2. The van der Waals surface area contributed by atoms with Crippen LogP contribution in [0, 0.1) is 11.2 Å². The van der Waals surface area contributed by atoms with Crippen LogP contribution >= 0.6 is 0 Å². The molecule has 2 rings (SSSR count). The Labute approximate surface area is 121 Å². The fourth-order valence-corrected chi connectivity index (χ4v) is 2.83. The van der Waals surface area contributed by atoms with Crippen molar-refractivity contribution >= 4 is 0 Å². The molecule has 1 N–H and O–H groups in total. The molecule has 20 heavy (non-hydrogen) atoms. The Kier molecular flexibility index (Phi) is 5.03. The molecule has 112 valence electrons. The van der Waals surface area contributed by atoms with Crippen molar-refractivity contribution in [3.8, 4) is 5.75 Å². The second-order valence-corrected chi connectivity index (χ2v) is 6.33. The molecule has 1 saturated carbocycles. The molecule has 0 aromatic heterocycles. The standard InChI is InChI=1S/C17H26FNO/c1-4-10-17(2,12-19-14-8-9-14)11-13-6-5-7-15(20-3)16(13)18/h5-7,14,19H,4,8-12H2,1-3H3. The minimum atomic E-state index is -0.205. The maximum absolute atomic E-state index is 14.3. The van der Waals surface area contributed by atoms with Gasteiger partial charge in [-0.1, -0.05) is 32.4 Å². The summed E-state index contributed by atoms with van der Waals surface area (Å²) in [7, 11) is 1.52. The Morgan fingerprint density at radius 2 is 2.15 bits per heavy atom. The number of nitrogens with one attached hydrogen (secondary N) is 1. The van der Waals surface area contributed by atoms with Crippen molar-refractivity contribution in [2.24, 2.45) is 5.41 Å². The first-order valence-corrected chi connectivity index (χ1v) is 7.63. The van der Waals surface area contributed by atoms with Gasteiger partial charge in [-0.05, 0) is 42.7 Å². The normalized spacial score (nSPS) is 17.8. The maximum atomic E-state index is 14.3. The van der Waals surface area contributed by atoms with Crippen molar-refractivity contribution in [1.29, 1.82) is 0 Å². The molecule has 0 spiro atoms. The van der Waals surface area contributed by atoms with Crippen LogP contribution in [0.2, 0.25) is 0 Å². The molecule has 1 unspecified atom stereocenters. The van der Waals surface area contributed by atoms with Crippen LogP contribution in [0.3, 0.4) is 0 Å². The van der Waals surface area contributed by atoms with Gasteiger partial charge in [-0.2, -0.15) is 0 Å². The first kappa shape index (κ1) is 15.3. The Balaban J connectivity index is 2.09. The molecule has 1 aliphatic rings. The third kappa shape index (κ3) is 3.95. The van der Waals surface area contributed by atoms with Crippen molar-refractivity contribution in [3.05, 3.63) is 29.6 Å². The van der Waals surface area contributed by atoms with Crippen molar-refractivity contribution in [3.63, 3.8) is 0 Å². The van der Waals surface area contributed by atoms with Crippen molar-refractivity contribution < 1.29 is 9.13 Å². The summed E-state index contributed by atoms with van der Waals surface area (Å²) in [6.07, 6.45) is 5.55. The smallest absolute Gasteiger partial charge is 0.168 e.